The van der Waals surface area contributed by atoms with E-state index in [9.17, 15) is 10.1 Å². The molecule has 5 nitrogen and oxygen atoms in total. The van der Waals surface area contributed by atoms with Crippen LogP contribution in [-0.2, 0) is 6.61 Å². The molecule has 5 heteroatoms. The van der Waals surface area contributed by atoms with Crippen molar-refractivity contribution in [3.05, 3.63) is 39.4 Å². The molecule has 0 radical (unpaired) electrons. The van der Waals surface area contributed by atoms with Crippen molar-refractivity contribution in [1.29, 1.82) is 0 Å². The molecule has 0 aliphatic heterocycles. The van der Waals surface area contributed by atoms with Gasteiger partial charge in [-0.3, -0.25) is 10.1 Å². The maximum absolute atomic E-state index is 10.7. The van der Waals surface area contributed by atoms with E-state index in [0.29, 0.717) is 12.0 Å². The van der Waals surface area contributed by atoms with Gasteiger partial charge in [0.25, 0.3) is 5.69 Å². The lowest BCUT2D eigenvalue weighted by molar-refractivity contribution is -0.385. The summed E-state index contributed by atoms with van der Waals surface area (Å²) in [6.45, 7) is -0.412. The Labute approximate surface area is 92.5 Å². The number of aliphatic hydroxyl groups is 2. The van der Waals surface area contributed by atoms with E-state index in [0.717, 1.165) is 0 Å². The monoisotopic (exact) mass is 221 g/mol. The SMILES string of the molecule is O=[N+]([O-])c1cc(C#CCCO)ccc1CO. The molecule has 0 amide bonds. The average Bonchev–Trinajstić information content (AvgIpc) is 2.29. The summed E-state index contributed by atoms with van der Waals surface area (Å²) in [5, 5.41) is 28.1. The third-order valence-electron chi connectivity index (χ3n) is 1.92. The Kier molecular flexibility index (Phi) is 4.45. The van der Waals surface area contributed by atoms with E-state index in [-0.39, 0.29) is 24.5 Å². The molecule has 0 saturated carbocycles. The lowest BCUT2D eigenvalue weighted by Crippen LogP contribution is -1.95. The number of rotatable bonds is 3. The summed E-state index contributed by atoms with van der Waals surface area (Å²) in [6, 6.07) is 4.39. The van der Waals surface area contributed by atoms with Crippen molar-refractivity contribution in [2.24, 2.45) is 0 Å². The minimum absolute atomic E-state index is 0.0379. The molecule has 0 atom stereocenters. The molecule has 0 aliphatic carbocycles. The molecule has 0 bridgehead atoms. The molecule has 16 heavy (non-hydrogen) atoms. The van der Waals surface area contributed by atoms with E-state index in [4.69, 9.17) is 10.2 Å². The predicted octanol–water partition coefficient (Wildman–Crippen LogP) is 0.821. The number of nitrogens with zero attached hydrogens (tertiary/aromatic N) is 1. The Morgan fingerprint density at radius 3 is 2.69 bits per heavy atom. The second kappa shape index (κ2) is 5.85. The predicted molar refractivity (Wildman–Crippen MR) is 57.6 cm³/mol. The van der Waals surface area contributed by atoms with Gasteiger partial charge in [0.15, 0.2) is 0 Å². The zero-order valence-electron chi connectivity index (χ0n) is 8.51. The Balaban J connectivity index is 3.04. The first kappa shape index (κ1) is 12.2. The Bertz CT molecular complexity index is 445. The lowest BCUT2D eigenvalue weighted by Gasteiger charge is -1.99. The normalized spacial score (nSPS) is 9.38. The summed E-state index contributed by atoms with van der Waals surface area (Å²) in [6.07, 6.45) is 0.329. The maximum Gasteiger partial charge on any atom is 0.276 e. The molecule has 0 saturated heterocycles. The van der Waals surface area contributed by atoms with E-state index >= 15 is 0 Å². The van der Waals surface area contributed by atoms with Crippen LogP contribution in [-0.4, -0.2) is 21.7 Å². The lowest BCUT2D eigenvalue weighted by atomic mass is 10.1. The van der Waals surface area contributed by atoms with Crippen LogP contribution in [0.2, 0.25) is 0 Å². The largest absolute Gasteiger partial charge is 0.395 e. The number of nitro groups is 1. The van der Waals surface area contributed by atoms with Crippen LogP contribution in [0.15, 0.2) is 18.2 Å². The molecule has 0 aromatic heterocycles. The number of benzene rings is 1. The van der Waals surface area contributed by atoms with Crippen molar-refractivity contribution >= 4 is 5.69 Å². The summed E-state index contributed by atoms with van der Waals surface area (Å²) in [5.41, 5.74) is 0.619. The van der Waals surface area contributed by atoms with Gasteiger partial charge in [0.1, 0.15) is 0 Å². The van der Waals surface area contributed by atoms with Crippen LogP contribution in [0, 0.1) is 22.0 Å². The first-order valence-electron chi connectivity index (χ1n) is 4.67. The average molecular weight is 221 g/mol. The van der Waals surface area contributed by atoms with Gasteiger partial charge in [-0.2, -0.15) is 0 Å². The third-order valence-corrected chi connectivity index (χ3v) is 1.92. The topological polar surface area (TPSA) is 83.6 Å². The van der Waals surface area contributed by atoms with Crippen molar-refractivity contribution < 1.29 is 15.1 Å². The van der Waals surface area contributed by atoms with E-state index in [1.54, 1.807) is 6.07 Å². The first-order chi connectivity index (χ1) is 7.69. The Morgan fingerprint density at radius 1 is 1.38 bits per heavy atom. The van der Waals surface area contributed by atoms with E-state index in [1.165, 1.54) is 12.1 Å². The van der Waals surface area contributed by atoms with Crippen molar-refractivity contribution in [1.82, 2.24) is 0 Å². The van der Waals surface area contributed by atoms with Crippen LogP contribution >= 0.6 is 0 Å². The van der Waals surface area contributed by atoms with Gasteiger partial charge in [-0.05, 0) is 12.1 Å². The molecule has 0 heterocycles. The third kappa shape index (κ3) is 3.05. The van der Waals surface area contributed by atoms with Crippen LogP contribution < -0.4 is 0 Å². The zero-order valence-corrected chi connectivity index (χ0v) is 8.51. The highest BCUT2D eigenvalue weighted by Crippen LogP contribution is 2.19. The summed E-state index contributed by atoms with van der Waals surface area (Å²) in [5.74, 6) is 5.37. The summed E-state index contributed by atoms with van der Waals surface area (Å²) < 4.78 is 0. The van der Waals surface area contributed by atoms with E-state index in [1.807, 2.05) is 0 Å². The molecular weight excluding hydrogens is 210 g/mol. The fourth-order valence-electron chi connectivity index (χ4n) is 1.17. The quantitative estimate of drug-likeness (QED) is 0.449. The second-order valence-electron chi connectivity index (χ2n) is 3.03. The van der Waals surface area contributed by atoms with Gasteiger partial charge in [0, 0.05) is 18.1 Å². The smallest absolute Gasteiger partial charge is 0.276 e. The van der Waals surface area contributed by atoms with Crippen LogP contribution in [0.4, 0.5) is 5.69 Å². The number of aliphatic hydroxyl groups excluding tert-OH is 2. The molecule has 84 valence electrons. The van der Waals surface area contributed by atoms with Gasteiger partial charge in [0.05, 0.1) is 23.7 Å². The van der Waals surface area contributed by atoms with Crippen molar-refractivity contribution in [2.45, 2.75) is 13.0 Å². The highest BCUT2D eigenvalue weighted by atomic mass is 16.6. The van der Waals surface area contributed by atoms with Gasteiger partial charge in [-0.25, -0.2) is 0 Å². The molecule has 0 spiro atoms. The van der Waals surface area contributed by atoms with Crippen molar-refractivity contribution in [2.75, 3.05) is 6.61 Å². The molecule has 1 rings (SSSR count). The molecule has 2 N–H and O–H groups in total. The highest BCUT2D eigenvalue weighted by molar-refractivity contribution is 5.48. The summed E-state index contributed by atoms with van der Waals surface area (Å²) >= 11 is 0. The molecule has 1 aromatic rings. The van der Waals surface area contributed by atoms with Crippen LogP contribution in [0.3, 0.4) is 0 Å². The summed E-state index contributed by atoms with van der Waals surface area (Å²) in [7, 11) is 0. The van der Waals surface area contributed by atoms with Crippen LogP contribution in [0.1, 0.15) is 17.5 Å². The molecule has 1 aromatic carbocycles. The number of nitro benzene ring substituents is 1. The standard InChI is InChI=1S/C11H11NO4/c13-6-2-1-3-9-4-5-10(8-14)11(7-9)12(15)16/h4-5,7,13-14H,2,6,8H2. The van der Waals surface area contributed by atoms with Gasteiger partial charge in [0.2, 0.25) is 0 Å². The Morgan fingerprint density at radius 2 is 2.12 bits per heavy atom. The summed E-state index contributed by atoms with van der Waals surface area (Å²) in [4.78, 5) is 10.1. The first-order valence-corrected chi connectivity index (χ1v) is 4.67. The Hall–Kier alpha value is -1.90. The molecule has 0 aliphatic rings. The fourth-order valence-corrected chi connectivity index (χ4v) is 1.17. The van der Waals surface area contributed by atoms with Crippen molar-refractivity contribution in [3.63, 3.8) is 0 Å². The number of hydrogen-bond acceptors (Lipinski definition) is 4. The van der Waals surface area contributed by atoms with Gasteiger partial charge < -0.3 is 10.2 Å². The van der Waals surface area contributed by atoms with Crippen LogP contribution in [0.25, 0.3) is 0 Å². The van der Waals surface area contributed by atoms with Crippen molar-refractivity contribution in [3.8, 4) is 11.8 Å². The van der Waals surface area contributed by atoms with Gasteiger partial charge >= 0.3 is 0 Å². The molecule has 0 unspecified atom stereocenters. The van der Waals surface area contributed by atoms with Gasteiger partial charge in [-0.15, -0.1) is 0 Å². The minimum atomic E-state index is -0.553. The molecule has 0 fully saturated rings. The zero-order chi connectivity index (χ0) is 12.0. The highest BCUT2D eigenvalue weighted by Gasteiger charge is 2.12. The molecular formula is C11H11NO4. The fraction of sp³-hybridized carbons (Fsp3) is 0.273. The van der Waals surface area contributed by atoms with Gasteiger partial charge in [-0.1, -0.05) is 11.8 Å². The van der Waals surface area contributed by atoms with E-state index < -0.39 is 4.92 Å². The van der Waals surface area contributed by atoms with E-state index in [2.05, 4.69) is 11.8 Å². The second-order valence-corrected chi connectivity index (χ2v) is 3.03. The van der Waals surface area contributed by atoms with Crippen LogP contribution in [0.5, 0.6) is 0 Å². The minimum Gasteiger partial charge on any atom is -0.395 e. The number of hydrogen-bond donors (Lipinski definition) is 2. The maximum atomic E-state index is 10.7.